The van der Waals surface area contributed by atoms with Crippen LogP contribution in [-0.4, -0.2) is 77.3 Å². The van der Waals surface area contributed by atoms with Crippen molar-refractivity contribution < 1.29 is 42.2 Å². The monoisotopic (exact) mass is 477 g/mol. The summed E-state index contributed by atoms with van der Waals surface area (Å²) in [5.41, 5.74) is -1.97. The highest BCUT2D eigenvalue weighted by atomic mass is 19.4. The van der Waals surface area contributed by atoms with Gasteiger partial charge in [-0.3, -0.25) is 23.9 Å². The molecule has 9 nitrogen and oxygen atoms in total. The fraction of sp³-hybridized carbons (Fsp3) is 0.810. The zero-order valence-electron chi connectivity index (χ0n) is 19.0. The van der Waals surface area contributed by atoms with Crippen LogP contribution in [0.25, 0.3) is 0 Å². The molecule has 3 N–H and O–H groups in total. The minimum atomic E-state index is -5.03. The van der Waals surface area contributed by atoms with Crippen molar-refractivity contribution in [2.45, 2.75) is 64.6 Å². The van der Waals surface area contributed by atoms with E-state index in [0.717, 1.165) is 0 Å². The molecular weight excluding hydrogens is 447 g/mol. The average molecular weight is 477 g/mol. The van der Waals surface area contributed by atoms with Gasteiger partial charge in [-0.05, 0) is 43.9 Å². The third-order valence-electron chi connectivity index (χ3n) is 7.03. The number of amides is 3. The van der Waals surface area contributed by atoms with Crippen molar-refractivity contribution in [2.75, 3.05) is 19.7 Å². The normalized spacial score (nSPS) is 29.3. The van der Waals surface area contributed by atoms with Crippen LogP contribution >= 0.6 is 0 Å². The molecule has 0 radical (unpaired) electrons. The Bertz CT molecular complexity index is 838. The van der Waals surface area contributed by atoms with E-state index in [1.54, 1.807) is 0 Å². The Morgan fingerprint density at radius 3 is 2.45 bits per heavy atom. The van der Waals surface area contributed by atoms with Crippen molar-refractivity contribution in [3.63, 3.8) is 0 Å². The number of carbonyl (C=O) groups is 4. The van der Waals surface area contributed by atoms with E-state index < -0.39 is 54.2 Å². The number of carbonyl (C=O) groups excluding carboxylic acids is 4. The molecule has 0 spiro atoms. The topological polar surface area (TPSA) is 125 Å². The van der Waals surface area contributed by atoms with Crippen LogP contribution in [-0.2, 0) is 23.9 Å². The van der Waals surface area contributed by atoms with Crippen LogP contribution in [0.2, 0.25) is 0 Å². The summed E-state index contributed by atoms with van der Waals surface area (Å²) in [5, 5.41) is 15.2. The Balaban J connectivity index is 1.79. The molecule has 2 heterocycles. The molecule has 33 heavy (non-hydrogen) atoms. The summed E-state index contributed by atoms with van der Waals surface area (Å²) in [7, 11) is 0. The van der Waals surface area contributed by atoms with E-state index in [-0.39, 0.29) is 36.1 Å². The van der Waals surface area contributed by atoms with Gasteiger partial charge < -0.3 is 20.6 Å². The zero-order chi connectivity index (χ0) is 24.9. The van der Waals surface area contributed by atoms with Crippen molar-refractivity contribution in [1.29, 1.82) is 0 Å². The standard InChI is InChI=1S/C21H30F3N3O6/c1-19(2)11-8-27(18(31)20(3,4)32)15(14(11)19)17(30)26-12(7-10-5-6-25-16(10)29)13(28)9-33-21(22,23)24/h10-12,14-15,32H,5-9H2,1-4H3,(H,25,29)(H,26,30)/t10-,11-,12?,14-,15-/m0/s1. The molecule has 1 saturated carbocycles. The summed E-state index contributed by atoms with van der Waals surface area (Å²) in [5.74, 6) is -3.57. The highest BCUT2D eigenvalue weighted by Crippen LogP contribution is 2.65. The summed E-state index contributed by atoms with van der Waals surface area (Å²) in [6.07, 6.45) is -4.83. The first kappa shape index (κ1) is 25.4. The van der Waals surface area contributed by atoms with E-state index in [2.05, 4.69) is 15.4 Å². The maximum atomic E-state index is 13.3. The molecule has 3 rings (SSSR count). The number of nitrogens with zero attached hydrogens (tertiary/aromatic N) is 1. The number of ether oxygens (including phenoxy) is 1. The SMILES string of the molecule is CC(C)(O)C(=O)N1C[C@H]2[C@@H]([C@H]1C(=O)NC(C[C@@H]1CCNC1=O)C(=O)COC(F)(F)F)C2(C)C. The van der Waals surface area contributed by atoms with E-state index >= 15 is 0 Å². The Kier molecular flexibility index (Phi) is 6.57. The summed E-state index contributed by atoms with van der Waals surface area (Å²) >= 11 is 0. The lowest BCUT2D eigenvalue weighted by Crippen LogP contribution is -2.57. The molecule has 3 amide bonds. The molecule has 0 aromatic heterocycles. The zero-order valence-corrected chi connectivity index (χ0v) is 19.0. The highest BCUT2D eigenvalue weighted by Gasteiger charge is 2.70. The average Bonchev–Trinajstić information content (AvgIpc) is 3.05. The Morgan fingerprint density at radius 2 is 1.94 bits per heavy atom. The summed E-state index contributed by atoms with van der Waals surface area (Å²) < 4.78 is 41.0. The number of likely N-dealkylation sites (tertiary alicyclic amines) is 1. The van der Waals surface area contributed by atoms with Crippen LogP contribution in [0.5, 0.6) is 0 Å². The minimum absolute atomic E-state index is 0.0166. The predicted octanol–water partition coefficient (Wildman–Crippen LogP) is 0.357. The second-order valence-electron chi connectivity index (χ2n) is 10.2. The number of fused-ring (bicyclic) bond motifs is 1. The molecule has 12 heteroatoms. The largest absolute Gasteiger partial charge is 0.522 e. The Morgan fingerprint density at radius 1 is 1.30 bits per heavy atom. The van der Waals surface area contributed by atoms with E-state index in [0.29, 0.717) is 13.0 Å². The molecule has 0 aromatic carbocycles. The van der Waals surface area contributed by atoms with Gasteiger partial charge >= 0.3 is 6.36 Å². The lowest BCUT2D eigenvalue weighted by Gasteiger charge is -2.34. The summed E-state index contributed by atoms with van der Waals surface area (Å²) in [6, 6.07) is -2.38. The fourth-order valence-electron chi connectivity index (χ4n) is 5.08. The number of hydrogen-bond donors (Lipinski definition) is 3. The second kappa shape index (κ2) is 8.53. The van der Waals surface area contributed by atoms with Gasteiger partial charge in [0.1, 0.15) is 18.2 Å². The molecule has 2 saturated heterocycles. The van der Waals surface area contributed by atoms with Gasteiger partial charge in [-0.15, -0.1) is 13.2 Å². The number of ketones is 1. The molecule has 1 aliphatic carbocycles. The van der Waals surface area contributed by atoms with Gasteiger partial charge in [-0.25, -0.2) is 0 Å². The molecular formula is C21H30F3N3O6. The molecule has 186 valence electrons. The number of nitrogens with one attached hydrogen (secondary N) is 2. The van der Waals surface area contributed by atoms with Crippen LogP contribution in [0.1, 0.15) is 40.5 Å². The van der Waals surface area contributed by atoms with Crippen molar-refractivity contribution in [2.24, 2.45) is 23.2 Å². The van der Waals surface area contributed by atoms with Gasteiger partial charge in [0.15, 0.2) is 5.78 Å². The summed E-state index contributed by atoms with van der Waals surface area (Å²) in [6.45, 7) is 5.80. The van der Waals surface area contributed by atoms with Crippen molar-refractivity contribution in [3.8, 4) is 0 Å². The number of Topliss-reactive ketones (excluding diaryl/α,β-unsaturated/α-hetero) is 1. The van der Waals surface area contributed by atoms with Crippen molar-refractivity contribution in [3.05, 3.63) is 0 Å². The summed E-state index contributed by atoms with van der Waals surface area (Å²) in [4.78, 5) is 51.8. The van der Waals surface area contributed by atoms with Crippen LogP contribution in [0, 0.1) is 23.2 Å². The third kappa shape index (κ3) is 5.32. The lowest BCUT2D eigenvalue weighted by atomic mass is 9.94. The first-order valence-corrected chi connectivity index (χ1v) is 10.9. The van der Waals surface area contributed by atoms with Crippen LogP contribution in [0.3, 0.4) is 0 Å². The van der Waals surface area contributed by atoms with E-state index in [4.69, 9.17) is 0 Å². The molecule has 5 atom stereocenters. The van der Waals surface area contributed by atoms with E-state index in [1.165, 1.54) is 18.7 Å². The van der Waals surface area contributed by atoms with Gasteiger partial charge in [-0.2, -0.15) is 0 Å². The molecule has 3 fully saturated rings. The number of aliphatic hydroxyl groups is 1. The number of rotatable bonds is 8. The Labute approximate surface area is 189 Å². The highest BCUT2D eigenvalue weighted by molar-refractivity contribution is 5.96. The number of piperidine rings is 1. The number of halogens is 3. The second-order valence-corrected chi connectivity index (χ2v) is 10.2. The van der Waals surface area contributed by atoms with Gasteiger partial charge in [-0.1, -0.05) is 13.8 Å². The number of alkyl halides is 3. The maximum absolute atomic E-state index is 13.3. The molecule has 0 bridgehead atoms. The molecule has 1 unspecified atom stereocenters. The Hall–Kier alpha value is -2.21. The van der Waals surface area contributed by atoms with Crippen molar-refractivity contribution >= 4 is 23.5 Å². The van der Waals surface area contributed by atoms with Gasteiger partial charge in [0.05, 0.1) is 6.04 Å². The van der Waals surface area contributed by atoms with Gasteiger partial charge in [0, 0.05) is 19.0 Å². The first-order valence-electron chi connectivity index (χ1n) is 10.9. The van der Waals surface area contributed by atoms with E-state index in [1.807, 2.05) is 13.8 Å². The van der Waals surface area contributed by atoms with Gasteiger partial charge in [0.25, 0.3) is 5.91 Å². The molecule has 2 aliphatic heterocycles. The smallest absolute Gasteiger partial charge is 0.381 e. The van der Waals surface area contributed by atoms with Crippen LogP contribution < -0.4 is 10.6 Å². The van der Waals surface area contributed by atoms with Crippen LogP contribution in [0.15, 0.2) is 0 Å². The van der Waals surface area contributed by atoms with Crippen molar-refractivity contribution in [1.82, 2.24) is 15.5 Å². The third-order valence-corrected chi connectivity index (χ3v) is 7.03. The van der Waals surface area contributed by atoms with Gasteiger partial charge in [0.2, 0.25) is 11.8 Å². The lowest BCUT2D eigenvalue weighted by molar-refractivity contribution is -0.321. The minimum Gasteiger partial charge on any atom is -0.381 e. The van der Waals surface area contributed by atoms with E-state index in [9.17, 15) is 37.5 Å². The number of hydrogen-bond acceptors (Lipinski definition) is 6. The molecule has 3 aliphatic rings. The predicted molar refractivity (Wildman–Crippen MR) is 107 cm³/mol. The fourth-order valence-corrected chi connectivity index (χ4v) is 5.08. The molecule has 0 aromatic rings. The maximum Gasteiger partial charge on any atom is 0.522 e. The van der Waals surface area contributed by atoms with Crippen LogP contribution in [0.4, 0.5) is 13.2 Å². The first-order chi connectivity index (χ1) is 15.0. The quantitative estimate of drug-likeness (QED) is 0.464.